The third-order valence-electron chi connectivity index (χ3n) is 2.63. The first-order valence-corrected chi connectivity index (χ1v) is 5.87. The molecule has 0 spiro atoms. The molecule has 1 heterocycles. The molecular weight excluding hydrogens is 206 g/mol. The van der Waals surface area contributed by atoms with Crippen molar-refractivity contribution in [2.45, 2.75) is 20.3 Å². The lowest BCUT2D eigenvalue weighted by atomic mass is 10.2. The third kappa shape index (κ3) is 4.18. The van der Waals surface area contributed by atoms with E-state index in [0.717, 1.165) is 26.2 Å². The van der Waals surface area contributed by atoms with Crippen LogP contribution in [0.15, 0.2) is 0 Å². The standard InChI is InChI=1S/C11H21N3O2/c1-9(2)11(16)13-4-3-10(15)14-7-5-12-6-8-14/h9,12H,3-8H2,1-2H3,(H,13,16). The molecule has 0 bridgehead atoms. The van der Waals surface area contributed by atoms with Gasteiger partial charge in [-0.3, -0.25) is 9.59 Å². The van der Waals surface area contributed by atoms with Crippen molar-refractivity contribution in [3.05, 3.63) is 0 Å². The van der Waals surface area contributed by atoms with Gasteiger partial charge in [0.15, 0.2) is 0 Å². The molecule has 2 amide bonds. The van der Waals surface area contributed by atoms with Crippen molar-refractivity contribution in [3.8, 4) is 0 Å². The minimum Gasteiger partial charge on any atom is -0.355 e. The van der Waals surface area contributed by atoms with Crippen LogP contribution in [0.5, 0.6) is 0 Å². The van der Waals surface area contributed by atoms with Crippen LogP contribution in [0.3, 0.4) is 0 Å². The largest absolute Gasteiger partial charge is 0.355 e. The van der Waals surface area contributed by atoms with E-state index < -0.39 is 0 Å². The fourth-order valence-electron chi connectivity index (χ4n) is 1.57. The van der Waals surface area contributed by atoms with Gasteiger partial charge in [-0.05, 0) is 0 Å². The summed E-state index contributed by atoms with van der Waals surface area (Å²) >= 11 is 0. The van der Waals surface area contributed by atoms with Crippen molar-refractivity contribution < 1.29 is 9.59 Å². The first-order valence-electron chi connectivity index (χ1n) is 5.87. The number of carbonyl (C=O) groups excluding carboxylic acids is 2. The summed E-state index contributed by atoms with van der Waals surface area (Å²) in [5.74, 6) is 0.118. The van der Waals surface area contributed by atoms with Crippen LogP contribution in [-0.4, -0.2) is 49.4 Å². The number of nitrogens with zero attached hydrogens (tertiary/aromatic N) is 1. The molecule has 0 aromatic rings. The van der Waals surface area contributed by atoms with E-state index in [1.165, 1.54) is 0 Å². The van der Waals surface area contributed by atoms with Crippen LogP contribution in [0.4, 0.5) is 0 Å². The minimum atomic E-state index is -0.0192. The maximum absolute atomic E-state index is 11.7. The van der Waals surface area contributed by atoms with Crippen LogP contribution in [0.1, 0.15) is 20.3 Å². The van der Waals surface area contributed by atoms with E-state index in [-0.39, 0.29) is 17.7 Å². The molecule has 0 atom stereocenters. The molecule has 0 unspecified atom stereocenters. The van der Waals surface area contributed by atoms with E-state index in [9.17, 15) is 9.59 Å². The molecular formula is C11H21N3O2. The van der Waals surface area contributed by atoms with Gasteiger partial charge in [0.2, 0.25) is 11.8 Å². The summed E-state index contributed by atoms with van der Waals surface area (Å²) in [4.78, 5) is 24.8. The zero-order valence-corrected chi connectivity index (χ0v) is 10.1. The molecule has 0 radical (unpaired) electrons. The van der Waals surface area contributed by atoms with E-state index in [0.29, 0.717) is 13.0 Å². The highest BCUT2D eigenvalue weighted by molar-refractivity contribution is 5.80. The number of amides is 2. The normalized spacial score (nSPS) is 16.3. The van der Waals surface area contributed by atoms with E-state index >= 15 is 0 Å². The molecule has 5 nitrogen and oxygen atoms in total. The van der Waals surface area contributed by atoms with Gasteiger partial charge in [-0.25, -0.2) is 0 Å². The van der Waals surface area contributed by atoms with Crippen LogP contribution in [0.25, 0.3) is 0 Å². The Morgan fingerprint density at radius 2 is 1.94 bits per heavy atom. The van der Waals surface area contributed by atoms with Crippen molar-refractivity contribution in [1.29, 1.82) is 0 Å². The molecule has 1 aliphatic heterocycles. The first kappa shape index (κ1) is 13.0. The van der Waals surface area contributed by atoms with Crippen molar-refractivity contribution in [2.24, 2.45) is 5.92 Å². The molecule has 1 saturated heterocycles. The van der Waals surface area contributed by atoms with Gasteiger partial charge in [0, 0.05) is 45.1 Å². The summed E-state index contributed by atoms with van der Waals surface area (Å²) in [6, 6.07) is 0. The summed E-state index contributed by atoms with van der Waals surface area (Å²) < 4.78 is 0. The number of rotatable bonds is 4. The smallest absolute Gasteiger partial charge is 0.224 e. The maximum atomic E-state index is 11.7. The second-order valence-corrected chi connectivity index (χ2v) is 4.33. The zero-order chi connectivity index (χ0) is 12.0. The molecule has 0 saturated carbocycles. The van der Waals surface area contributed by atoms with Crippen LogP contribution in [-0.2, 0) is 9.59 Å². The van der Waals surface area contributed by atoms with Gasteiger partial charge in [0.05, 0.1) is 0 Å². The van der Waals surface area contributed by atoms with Gasteiger partial charge in [0.1, 0.15) is 0 Å². The van der Waals surface area contributed by atoms with Crippen LogP contribution in [0, 0.1) is 5.92 Å². The lowest BCUT2D eigenvalue weighted by Crippen LogP contribution is -2.47. The van der Waals surface area contributed by atoms with Gasteiger partial charge in [-0.1, -0.05) is 13.8 Å². The van der Waals surface area contributed by atoms with Gasteiger partial charge in [-0.15, -0.1) is 0 Å². The summed E-state index contributed by atoms with van der Waals surface area (Å²) in [5, 5.41) is 5.95. The Balaban J connectivity index is 2.17. The molecule has 1 rings (SSSR count). The Bertz CT molecular complexity index is 248. The Kier molecular flexibility index (Phi) is 5.25. The monoisotopic (exact) mass is 227 g/mol. The predicted molar refractivity (Wildman–Crippen MR) is 61.9 cm³/mol. The lowest BCUT2D eigenvalue weighted by Gasteiger charge is -2.27. The highest BCUT2D eigenvalue weighted by Crippen LogP contribution is 1.97. The first-order chi connectivity index (χ1) is 7.61. The van der Waals surface area contributed by atoms with E-state index in [1.54, 1.807) is 0 Å². The molecule has 2 N–H and O–H groups in total. The SMILES string of the molecule is CC(C)C(=O)NCCC(=O)N1CCNCC1. The second-order valence-electron chi connectivity index (χ2n) is 4.33. The average Bonchev–Trinajstić information content (AvgIpc) is 2.29. The molecule has 16 heavy (non-hydrogen) atoms. The van der Waals surface area contributed by atoms with Crippen LogP contribution < -0.4 is 10.6 Å². The molecule has 0 aliphatic carbocycles. The minimum absolute atomic E-state index is 0.00751. The molecule has 1 fully saturated rings. The average molecular weight is 227 g/mol. The third-order valence-corrected chi connectivity index (χ3v) is 2.63. The van der Waals surface area contributed by atoms with Crippen LogP contribution in [0.2, 0.25) is 0 Å². The molecule has 0 aromatic heterocycles. The Labute approximate surface area is 96.6 Å². The van der Waals surface area contributed by atoms with Gasteiger partial charge < -0.3 is 15.5 Å². The van der Waals surface area contributed by atoms with E-state index in [1.807, 2.05) is 18.7 Å². The summed E-state index contributed by atoms with van der Waals surface area (Å²) in [7, 11) is 0. The summed E-state index contributed by atoms with van der Waals surface area (Å²) in [5.41, 5.74) is 0. The van der Waals surface area contributed by atoms with Crippen molar-refractivity contribution >= 4 is 11.8 Å². The van der Waals surface area contributed by atoms with E-state index in [2.05, 4.69) is 10.6 Å². The number of piperazine rings is 1. The van der Waals surface area contributed by atoms with Gasteiger partial charge in [-0.2, -0.15) is 0 Å². The van der Waals surface area contributed by atoms with Crippen molar-refractivity contribution in [3.63, 3.8) is 0 Å². The van der Waals surface area contributed by atoms with Gasteiger partial charge >= 0.3 is 0 Å². The molecule has 1 aliphatic rings. The summed E-state index contributed by atoms with van der Waals surface area (Å²) in [6.07, 6.45) is 0.401. The highest BCUT2D eigenvalue weighted by Gasteiger charge is 2.15. The van der Waals surface area contributed by atoms with Crippen molar-refractivity contribution in [1.82, 2.24) is 15.5 Å². The van der Waals surface area contributed by atoms with E-state index in [4.69, 9.17) is 0 Å². The van der Waals surface area contributed by atoms with Gasteiger partial charge in [0.25, 0.3) is 0 Å². The number of hydrogen-bond donors (Lipinski definition) is 2. The molecule has 0 aromatic carbocycles. The Hall–Kier alpha value is -1.10. The highest BCUT2D eigenvalue weighted by atomic mass is 16.2. The number of hydrogen-bond acceptors (Lipinski definition) is 3. The fraction of sp³-hybridized carbons (Fsp3) is 0.818. The maximum Gasteiger partial charge on any atom is 0.224 e. The predicted octanol–water partition coefficient (Wildman–Crippen LogP) is -0.419. The molecule has 92 valence electrons. The lowest BCUT2D eigenvalue weighted by molar-refractivity contribution is -0.131. The number of carbonyl (C=O) groups is 2. The fourth-order valence-corrected chi connectivity index (χ4v) is 1.57. The van der Waals surface area contributed by atoms with Crippen molar-refractivity contribution in [2.75, 3.05) is 32.7 Å². The zero-order valence-electron chi connectivity index (χ0n) is 10.1. The summed E-state index contributed by atoms with van der Waals surface area (Å²) in [6.45, 7) is 7.41. The Morgan fingerprint density at radius 1 is 1.31 bits per heavy atom. The quantitative estimate of drug-likeness (QED) is 0.686. The second kappa shape index (κ2) is 6.48. The van der Waals surface area contributed by atoms with Crippen LogP contribution >= 0.6 is 0 Å². The topological polar surface area (TPSA) is 61.4 Å². The Morgan fingerprint density at radius 3 is 2.50 bits per heavy atom. The molecule has 5 heteroatoms. The number of nitrogens with one attached hydrogen (secondary N) is 2.